The summed E-state index contributed by atoms with van der Waals surface area (Å²) in [5, 5.41) is 3.31. The van der Waals surface area contributed by atoms with Gasteiger partial charge in [0.25, 0.3) is 0 Å². The maximum absolute atomic E-state index is 13.6. The van der Waals surface area contributed by atoms with Crippen molar-refractivity contribution in [2.45, 2.75) is 59.2 Å². The van der Waals surface area contributed by atoms with Crippen LogP contribution in [0, 0.1) is 6.92 Å². The largest absolute Gasteiger partial charge is 0.352 e. The molecule has 34 heavy (non-hydrogen) atoms. The van der Waals surface area contributed by atoms with Gasteiger partial charge in [-0.3, -0.25) is 13.9 Å². The Kier molecular flexibility index (Phi) is 9.94. The van der Waals surface area contributed by atoms with E-state index in [1.807, 2.05) is 52.0 Å². The van der Waals surface area contributed by atoms with Crippen molar-refractivity contribution in [1.29, 1.82) is 0 Å². The van der Waals surface area contributed by atoms with E-state index < -0.39 is 28.5 Å². The topological polar surface area (TPSA) is 86.8 Å². The third-order valence-corrected chi connectivity index (χ3v) is 7.01. The van der Waals surface area contributed by atoms with Crippen LogP contribution in [0.4, 0.5) is 5.69 Å². The number of carbonyl (C=O) groups excluding carboxylic acids is 2. The van der Waals surface area contributed by atoms with Crippen LogP contribution in [0.2, 0.25) is 5.02 Å². The molecule has 0 aliphatic carbocycles. The lowest BCUT2D eigenvalue weighted by Crippen LogP contribution is -2.53. The fourth-order valence-corrected chi connectivity index (χ4v) is 4.52. The zero-order valence-corrected chi connectivity index (χ0v) is 22.0. The minimum Gasteiger partial charge on any atom is -0.352 e. The molecule has 0 saturated heterocycles. The molecular weight excluding hydrogens is 474 g/mol. The van der Waals surface area contributed by atoms with Gasteiger partial charge in [-0.05, 0) is 50.5 Å². The van der Waals surface area contributed by atoms with Crippen molar-refractivity contribution in [2.75, 3.05) is 17.1 Å². The molecule has 2 amide bonds. The summed E-state index contributed by atoms with van der Waals surface area (Å²) in [5.74, 6) is -0.733. The van der Waals surface area contributed by atoms with E-state index in [4.69, 9.17) is 11.6 Å². The third-order valence-electron chi connectivity index (χ3n) is 5.64. The number of nitrogens with one attached hydrogen (secondary N) is 1. The Labute approximate surface area is 208 Å². The predicted molar refractivity (Wildman–Crippen MR) is 137 cm³/mol. The van der Waals surface area contributed by atoms with Gasteiger partial charge in [-0.1, -0.05) is 61.3 Å². The molecule has 0 heterocycles. The van der Waals surface area contributed by atoms with Gasteiger partial charge in [-0.2, -0.15) is 0 Å². The van der Waals surface area contributed by atoms with Crippen LogP contribution in [0.15, 0.2) is 48.5 Å². The van der Waals surface area contributed by atoms with Gasteiger partial charge in [0.05, 0.1) is 11.9 Å². The Morgan fingerprint density at radius 1 is 1.06 bits per heavy atom. The standard InChI is InChI=1S/C25H34ClN3O4S/c1-6-19(4)27-25(31)23(7-2)28(16-20-13-11-18(3)12-14-20)24(30)17-29(34(5,32)33)22-10-8-9-21(26)15-22/h8-15,19,23H,6-7,16-17H2,1-5H3,(H,27,31)/t19-,23+/m0/s1. The molecule has 0 saturated carbocycles. The average Bonchev–Trinajstić information content (AvgIpc) is 2.77. The molecule has 2 aromatic rings. The van der Waals surface area contributed by atoms with Gasteiger partial charge in [0.1, 0.15) is 12.6 Å². The zero-order chi connectivity index (χ0) is 25.5. The van der Waals surface area contributed by atoms with Crippen molar-refractivity contribution in [1.82, 2.24) is 10.2 Å². The van der Waals surface area contributed by atoms with Gasteiger partial charge < -0.3 is 10.2 Å². The van der Waals surface area contributed by atoms with Crippen molar-refractivity contribution in [3.63, 3.8) is 0 Å². The van der Waals surface area contributed by atoms with Crippen LogP contribution in [0.5, 0.6) is 0 Å². The van der Waals surface area contributed by atoms with Crippen LogP contribution < -0.4 is 9.62 Å². The molecule has 0 bridgehead atoms. The summed E-state index contributed by atoms with van der Waals surface area (Å²) in [6.45, 7) is 7.41. The number of sulfonamides is 1. The first-order chi connectivity index (χ1) is 16.0. The maximum Gasteiger partial charge on any atom is 0.244 e. The summed E-state index contributed by atoms with van der Waals surface area (Å²) >= 11 is 6.07. The second kappa shape index (κ2) is 12.2. The molecule has 0 fully saturated rings. The highest BCUT2D eigenvalue weighted by Gasteiger charge is 2.32. The van der Waals surface area contributed by atoms with Crippen LogP contribution in [-0.2, 0) is 26.2 Å². The SMILES string of the molecule is CC[C@H](C(=O)N[C@@H](C)CC)N(Cc1ccc(C)cc1)C(=O)CN(c1cccc(Cl)c1)S(C)(=O)=O. The Hall–Kier alpha value is -2.58. The second-order valence-corrected chi connectivity index (χ2v) is 10.8. The molecule has 9 heteroatoms. The fraction of sp³-hybridized carbons (Fsp3) is 0.440. The Morgan fingerprint density at radius 3 is 2.24 bits per heavy atom. The van der Waals surface area contributed by atoms with E-state index in [9.17, 15) is 18.0 Å². The lowest BCUT2D eigenvalue weighted by atomic mass is 10.1. The highest BCUT2D eigenvalue weighted by atomic mass is 35.5. The summed E-state index contributed by atoms with van der Waals surface area (Å²) in [5.41, 5.74) is 2.21. The summed E-state index contributed by atoms with van der Waals surface area (Å²) < 4.78 is 26.2. The molecule has 0 aromatic heterocycles. The minimum atomic E-state index is -3.79. The summed E-state index contributed by atoms with van der Waals surface area (Å²) in [7, 11) is -3.79. The smallest absolute Gasteiger partial charge is 0.244 e. The van der Waals surface area contributed by atoms with Crippen LogP contribution in [0.25, 0.3) is 0 Å². The van der Waals surface area contributed by atoms with Crippen LogP contribution in [-0.4, -0.2) is 50.0 Å². The van der Waals surface area contributed by atoms with E-state index >= 15 is 0 Å². The first-order valence-electron chi connectivity index (χ1n) is 11.3. The van der Waals surface area contributed by atoms with Crippen molar-refractivity contribution in [3.8, 4) is 0 Å². The number of carbonyl (C=O) groups is 2. The van der Waals surface area contributed by atoms with Gasteiger partial charge in [-0.25, -0.2) is 8.42 Å². The predicted octanol–water partition coefficient (Wildman–Crippen LogP) is 4.14. The zero-order valence-electron chi connectivity index (χ0n) is 20.4. The average molecular weight is 508 g/mol. The third kappa shape index (κ3) is 7.74. The first-order valence-corrected chi connectivity index (χ1v) is 13.6. The number of hydrogen-bond acceptors (Lipinski definition) is 4. The van der Waals surface area contributed by atoms with E-state index in [0.717, 1.165) is 28.1 Å². The van der Waals surface area contributed by atoms with Gasteiger partial charge in [-0.15, -0.1) is 0 Å². The molecule has 0 spiro atoms. The van der Waals surface area contributed by atoms with Crippen molar-refractivity contribution >= 4 is 39.1 Å². The number of anilines is 1. The molecule has 186 valence electrons. The number of nitrogens with zero attached hydrogens (tertiary/aromatic N) is 2. The number of hydrogen-bond donors (Lipinski definition) is 1. The number of benzene rings is 2. The fourth-order valence-electron chi connectivity index (χ4n) is 3.50. The van der Waals surface area contributed by atoms with Gasteiger partial charge >= 0.3 is 0 Å². The highest BCUT2D eigenvalue weighted by molar-refractivity contribution is 7.92. The number of rotatable bonds is 11. The lowest BCUT2D eigenvalue weighted by Gasteiger charge is -2.33. The molecule has 0 aliphatic heterocycles. The summed E-state index contributed by atoms with van der Waals surface area (Å²) in [6, 6.07) is 13.2. The lowest BCUT2D eigenvalue weighted by molar-refractivity contribution is -0.140. The Morgan fingerprint density at radius 2 is 1.71 bits per heavy atom. The van der Waals surface area contributed by atoms with Gasteiger partial charge in [0.15, 0.2) is 0 Å². The van der Waals surface area contributed by atoms with E-state index in [2.05, 4.69) is 5.32 Å². The Bertz CT molecular complexity index is 1090. The van der Waals surface area contributed by atoms with Gasteiger partial charge in [0, 0.05) is 17.6 Å². The molecule has 2 aromatic carbocycles. The minimum absolute atomic E-state index is 0.0446. The maximum atomic E-state index is 13.6. The summed E-state index contributed by atoms with van der Waals surface area (Å²) in [4.78, 5) is 28.1. The molecule has 7 nitrogen and oxygen atoms in total. The molecule has 2 atom stereocenters. The molecular formula is C25H34ClN3O4S. The van der Waals surface area contributed by atoms with E-state index in [1.54, 1.807) is 18.2 Å². The van der Waals surface area contributed by atoms with Crippen LogP contribution in [0.3, 0.4) is 0 Å². The number of amides is 2. The normalized spacial score (nSPS) is 13.1. The van der Waals surface area contributed by atoms with E-state index in [1.165, 1.54) is 11.0 Å². The second-order valence-electron chi connectivity index (χ2n) is 8.50. The number of halogens is 1. The van der Waals surface area contributed by atoms with Crippen molar-refractivity contribution in [3.05, 3.63) is 64.7 Å². The summed E-state index contributed by atoms with van der Waals surface area (Å²) in [6.07, 6.45) is 2.18. The van der Waals surface area contributed by atoms with E-state index in [0.29, 0.717) is 11.4 Å². The quantitative estimate of drug-likeness (QED) is 0.495. The monoisotopic (exact) mass is 507 g/mol. The van der Waals surface area contributed by atoms with Crippen LogP contribution >= 0.6 is 11.6 Å². The number of aryl methyl sites for hydroxylation is 1. The van der Waals surface area contributed by atoms with Crippen molar-refractivity contribution in [2.24, 2.45) is 0 Å². The molecule has 1 N–H and O–H groups in total. The van der Waals surface area contributed by atoms with Crippen molar-refractivity contribution < 1.29 is 18.0 Å². The molecule has 0 radical (unpaired) electrons. The first kappa shape index (κ1) is 27.7. The Balaban J connectivity index is 2.43. The molecule has 0 unspecified atom stereocenters. The van der Waals surface area contributed by atoms with Crippen LogP contribution in [0.1, 0.15) is 44.7 Å². The van der Waals surface area contributed by atoms with E-state index in [-0.39, 0.29) is 24.2 Å². The highest BCUT2D eigenvalue weighted by Crippen LogP contribution is 2.23. The van der Waals surface area contributed by atoms with Gasteiger partial charge in [0.2, 0.25) is 21.8 Å². The molecule has 0 aliphatic rings. The molecule has 2 rings (SSSR count).